The topological polar surface area (TPSA) is 78.4 Å². The van der Waals surface area contributed by atoms with Crippen molar-refractivity contribution in [3.05, 3.63) is 0 Å². The van der Waals surface area contributed by atoms with Crippen LogP contribution in [0.3, 0.4) is 0 Å². The smallest absolute Gasteiger partial charge is 0.322 e. The molecular weight excluding hydrogens is 228 g/mol. The zero-order chi connectivity index (χ0) is 12.4. The lowest BCUT2D eigenvalue weighted by Gasteiger charge is -2.15. The molecule has 3 N–H and O–H groups in total. The Labute approximate surface area is 101 Å². The van der Waals surface area contributed by atoms with Crippen molar-refractivity contribution in [1.29, 1.82) is 0 Å². The van der Waals surface area contributed by atoms with Gasteiger partial charge >= 0.3 is 5.97 Å². The van der Waals surface area contributed by atoms with Gasteiger partial charge < -0.3 is 15.7 Å². The first kappa shape index (κ1) is 15.2. The van der Waals surface area contributed by atoms with E-state index in [0.29, 0.717) is 5.75 Å². The van der Waals surface area contributed by atoms with Crippen molar-refractivity contribution in [3.8, 4) is 0 Å². The quantitative estimate of drug-likeness (QED) is 0.349. The first-order valence-corrected chi connectivity index (χ1v) is 6.08. The van der Waals surface area contributed by atoms with Crippen molar-refractivity contribution in [1.82, 2.24) is 10.6 Å². The van der Waals surface area contributed by atoms with E-state index in [0.717, 1.165) is 25.8 Å². The van der Waals surface area contributed by atoms with Crippen LogP contribution in [0.1, 0.15) is 26.2 Å². The summed E-state index contributed by atoms with van der Waals surface area (Å²) >= 11 is 4.05. The maximum absolute atomic E-state index is 11.5. The first-order chi connectivity index (χ1) is 7.61. The predicted octanol–water partition coefficient (Wildman–Crippen LogP) is 0.265. The van der Waals surface area contributed by atoms with Gasteiger partial charge in [0.1, 0.15) is 6.54 Å². The highest BCUT2D eigenvalue weighted by molar-refractivity contribution is 7.80. The summed E-state index contributed by atoms with van der Waals surface area (Å²) in [4.78, 5) is 21.7. The molecule has 0 aliphatic heterocycles. The molecule has 0 aliphatic rings. The van der Waals surface area contributed by atoms with Gasteiger partial charge in [0.05, 0.1) is 6.04 Å². The first-order valence-electron chi connectivity index (χ1n) is 5.45. The van der Waals surface area contributed by atoms with E-state index in [1.165, 1.54) is 0 Å². The molecular formula is C10H20N2O3S. The van der Waals surface area contributed by atoms with Crippen LogP contribution in [0, 0.1) is 0 Å². The van der Waals surface area contributed by atoms with Crippen molar-refractivity contribution >= 4 is 24.5 Å². The van der Waals surface area contributed by atoms with Gasteiger partial charge in [0.2, 0.25) is 5.91 Å². The highest BCUT2D eigenvalue weighted by Gasteiger charge is 2.15. The van der Waals surface area contributed by atoms with Crippen LogP contribution < -0.4 is 10.6 Å². The van der Waals surface area contributed by atoms with E-state index < -0.39 is 12.0 Å². The summed E-state index contributed by atoms with van der Waals surface area (Å²) < 4.78 is 0. The lowest BCUT2D eigenvalue weighted by atomic mass is 10.2. The van der Waals surface area contributed by atoms with Gasteiger partial charge in [0.15, 0.2) is 0 Å². The zero-order valence-corrected chi connectivity index (χ0v) is 10.4. The number of carboxylic acid groups (broad SMARTS) is 1. The number of amides is 1. The number of carboxylic acids is 1. The zero-order valence-electron chi connectivity index (χ0n) is 9.53. The molecule has 0 unspecified atom stereocenters. The lowest BCUT2D eigenvalue weighted by molar-refractivity contribution is -0.138. The number of hydrogen-bond acceptors (Lipinski definition) is 4. The van der Waals surface area contributed by atoms with Crippen molar-refractivity contribution < 1.29 is 14.7 Å². The summed E-state index contributed by atoms with van der Waals surface area (Å²) in [6.45, 7) is 2.51. The molecule has 0 aromatic heterocycles. The fourth-order valence-electron chi connectivity index (χ4n) is 1.18. The third kappa shape index (κ3) is 7.53. The summed E-state index contributed by atoms with van der Waals surface area (Å²) in [6.07, 6.45) is 3.24. The second kappa shape index (κ2) is 9.47. The molecule has 6 heteroatoms. The van der Waals surface area contributed by atoms with Crippen LogP contribution in [0.4, 0.5) is 0 Å². The van der Waals surface area contributed by atoms with E-state index in [1.54, 1.807) is 0 Å². The molecule has 0 bridgehead atoms. The molecule has 0 radical (unpaired) electrons. The number of unbranched alkanes of at least 4 members (excludes halogenated alkanes) is 2. The molecule has 0 rings (SSSR count). The molecule has 1 atom stereocenters. The average molecular weight is 248 g/mol. The van der Waals surface area contributed by atoms with E-state index in [1.807, 2.05) is 0 Å². The third-order valence-corrected chi connectivity index (χ3v) is 2.45. The number of nitrogens with one attached hydrogen (secondary N) is 2. The van der Waals surface area contributed by atoms with E-state index in [4.69, 9.17) is 5.11 Å². The predicted molar refractivity (Wildman–Crippen MR) is 65.8 cm³/mol. The van der Waals surface area contributed by atoms with Gasteiger partial charge in [-0.3, -0.25) is 9.59 Å². The van der Waals surface area contributed by atoms with Crippen molar-refractivity contribution in [2.75, 3.05) is 18.8 Å². The lowest BCUT2D eigenvalue weighted by Crippen LogP contribution is -2.47. The molecule has 0 saturated carbocycles. The fraction of sp³-hybridized carbons (Fsp3) is 0.800. The minimum absolute atomic E-state index is 0.311. The summed E-state index contributed by atoms with van der Waals surface area (Å²) in [7, 11) is 0. The largest absolute Gasteiger partial charge is 0.480 e. The van der Waals surface area contributed by atoms with Crippen LogP contribution in [-0.2, 0) is 9.59 Å². The van der Waals surface area contributed by atoms with Crippen LogP contribution in [-0.4, -0.2) is 41.9 Å². The van der Waals surface area contributed by atoms with Crippen LogP contribution in [0.2, 0.25) is 0 Å². The van der Waals surface area contributed by atoms with Gasteiger partial charge in [0.25, 0.3) is 0 Å². The molecule has 0 aliphatic carbocycles. The van der Waals surface area contributed by atoms with E-state index in [2.05, 4.69) is 30.2 Å². The van der Waals surface area contributed by atoms with Crippen molar-refractivity contribution in [2.24, 2.45) is 0 Å². The van der Waals surface area contributed by atoms with Gasteiger partial charge in [-0.15, -0.1) is 0 Å². The average Bonchev–Trinajstić information content (AvgIpc) is 2.26. The Kier molecular flexibility index (Phi) is 9.03. The molecule has 0 spiro atoms. The van der Waals surface area contributed by atoms with Crippen LogP contribution in [0.5, 0.6) is 0 Å². The highest BCUT2D eigenvalue weighted by atomic mass is 32.1. The molecule has 16 heavy (non-hydrogen) atoms. The standard InChI is InChI=1S/C10H20N2O3S/c1-2-3-4-5-11-8(7-16)10(15)12-6-9(13)14/h8,11,16H,2-7H2,1H3,(H,12,15)(H,13,14)/t8-/m0/s1. The summed E-state index contributed by atoms with van der Waals surface area (Å²) in [5.41, 5.74) is 0. The Morgan fingerprint density at radius 2 is 2.06 bits per heavy atom. The molecule has 94 valence electrons. The van der Waals surface area contributed by atoms with E-state index >= 15 is 0 Å². The van der Waals surface area contributed by atoms with Gasteiger partial charge in [-0.05, 0) is 13.0 Å². The number of carbonyl (C=O) groups excluding carboxylic acids is 1. The number of aliphatic carboxylic acids is 1. The van der Waals surface area contributed by atoms with Crippen LogP contribution in [0.25, 0.3) is 0 Å². The van der Waals surface area contributed by atoms with Crippen LogP contribution in [0.15, 0.2) is 0 Å². The number of rotatable bonds is 9. The fourth-order valence-corrected chi connectivity index (χ4v) is 1.47. The minimum atomic E-state index is -1.04. The molecule has 1 amide bonds. The molecule has 0 fully saturated rings. The Morgan fingerprint density at radius 3 is 2.56 bits per heavy atom. The van der Waals surface area contributed by atoms with Crippen molar-refractivity contribution in [3.63, 3.8) is 0 Å². The van der Waals surface area contributed by atoms with E-state index in [-0.39, 0.29) is 12.5 Å². The Morgan fingerprint density at radius 1 is 1.38 bits per heavy atom. The summed E-state index contributed by atoms with van der Waals surface area (Å²) in [5.74, 6) is -0.997. The number of thiol groups is 1. The third-order valence-electron chi connectivity index (χ3n) is 2.08. The maximum Gasteiger partial charge on any atom is 0.322 e. The summed E-state index contributed by atoms with van der Waals surface area (Å²) in [5, 5.41) is 13.8. The number of carbonyl (C=O) groups is 2. The molecule has 0 aromatic rings. The van der Waals surface area contributed by atoms with Crippen LogP contribution >= 0.6 is 12.6 Å². The highest BCUT2D eigenvalue weighted by Crippen LogP contribution is 1.94. The van der Waals surface area contributed by atoms with Gasteiger partial charge in [-0.1, -0.05) is 19.8 Å². The van der Waals surface area contributed by atoms with Crippen molar-refractivity contribution in [2.45, 2.75) is 32.2 Å². The number of hydrogen-bond donors (Lipinski definition) is 4. The Bertz CT molecular complexity index is 224. The maximum atomic E-state index is 11.5. The van der Waals surface area contributed by atoms with Gasteiger partial charge in [-0.2, -0.15) is 12.6 Å². The monoisotopic (exact) mass is 248 g/mol. The normalized spacial score (nSPS) is 12.1. The Hall–Kier alpha value is -0.750. The second-order valence-electron chi connectivity index (χ2n) is 3.51. The molecule has 5 nitrogen and oxygen atoms in total. The van der Waals surface area contributed by atoms with E-state index in [9.17, 15) is 9.59 Å². The Balaban J connectivity index is 3.78. The molecule has 0 aromatic carbocycles. The van der Waals surface area contributed by atoms with Gasteiger partial charge in [-0.25, -0.2) is 0 Å². The molecule has 0 saturated heterocycles. The second-order valence-corrected chi connectivity index (χ2v) is 3.87. The van der Waals surface area contributed by atoms with Gasteiger partial charge in [0, 0.05) is 5.75 Å². The SMILES string of the molecule is CCCCCN[C@@H](CS)C(=O)NCC(=O)O. The summed E-state index contributed by atoms with van der Waals surface area (Å²) in [6, 6.07) is -0.417. The minimum Gasteiger partial charge on any atom is -0.480 e. The molecule has 0 heterocycles.